The summed E-state index contributed by atoms with van der Waals surface area (Å²) in [5.41, 5.74) is 1.61. The molecule has 0 aliphatic rings. The maximum absolute atomic E-state index is 12.5. The second-order valence-corrected chi connectivity index (χ2v) is 7.01. The van der Waals surface area contributed by atoms with Crippen molar-refractivity contribution in [3.05, 3.63) is 94.8 Å². The number of halogens is 1. The molecule has 30 heavy (non-hydrogen) atoms. The molecular weight excluding hydrogens is 404 g/mol. The Morgan fingerprint density at radius 3 is 2.33 bits per heavy atom. The zero-order valence-corrected chi connectivity index (χ0v) is 16.8. The zero-order chi connectivity index (χ0) is 21.1. The smallest absolute Gasteiger partial charge is 0.344 e. The van der Waals surface area contributed by atoms with E-state index in [9.17, 15) is 9.59 Å². The molecule has 6 heteroatoms. The highest BCUT2D eigenvalue weighted by Gasteiger charge is 2.20. The highest BCUT2D eigenvalue weighted by molar-refractivity contribution is 6.30. The molecule has 4 aromatic rings. The van der Waals surface area contributed by atoms with E-state index in [4.69, 9.17) is 25.5 Å². The van der Waals surface area contributed by atoms with E-state index < -0.39 is 17.0 Å². The minimum Gasteiger partial charge on any atom is -0.497 e. The molecule has 0 saturated heterocycles. The third kappa shape index (κ3) is 4.07. The molecule has 0 saturated carbocycles. The standard InChI is InChI=1S/C24H17ClO5/c1-28-18-10-7-15(8-11-18)20-13-17-9-12-19(14-21(17)30-23(20)26)29-24(27)22(25)16-5-3-2-4-6-16/h2-14,22H,1H3. The first-order chi connectivity index (χ1) is 14.5. The van der Waals surface area contributed by atoms with Gasteiger partial charge >= 0.3 is 11.6 Å². The molecule has 5 nitrogen and oxygen atoms in total. The molecule has 0 radical (unpaired) electrons. The van der Waals surface area contributed by atoms with Crippen molar-refractivity contribution in [1.29, 1.82) is 0 Å². The van der Waals surface area contributed by atoms with Crippen molar-refractivity contribution in [3.8, 4) is 22.6 Å². The molecule has 1 atom stereocenters. The summed E-state index contributed by atoms with van der Waals surface area (Å²) in [6, 6.07) is 22.6. The van der Waals surface area contributed by atoms with E-state index in [1.165, 1.54) is 6.07 Å². The lowest BCUT2D eigenvalue weighted by molar-refractivity contribution is -0.134. The van der Waals surface area contributed by atoms with Crippen LogP contribution in [0.25, 0.3) is 22.1 Å². The molecule has 0 aliphatic carbocycles. The van der Waals surface area contributed by atoms with Crippen LogP contribution < -0.4 is 15.1 Å². The number of rotatable bonds is 5. The first-order valence-electron chi connectivity index (χ1n) is 9.18. The van der Waals surface area contributed by atoms with Crippen LogP contribution >= 0.6 is 11.6 Å². The fraction of sp³-hybridized carbons (Fsp3) is 0.0833. The number of hydrogen-bond donors (Lipinski definition) is 0. The van der Waals surface area contributed by atoms with Gasteiger partial charge in [0.05, 0.1) is 12.7 Å². The average molecular weight is 421 g/mol. The topological polar surface area (TPSA) is 65.7 Å². The van der Waals surface area contributed by atoms with Crippen LogP contribution in [0.5, 0.6) is 11.5 Å². The monoisotopic (exact) mass is 420 g/mol. The van der Waals surface area contributed by atoms with Crippen molar-refractivity contribution >= 4 is 28.5 Å². The largest absolute Gasteiger partial charge is 0.497 e. The van der Waals surface area contributed by atoms with E-state index in [-0.39, 0.29) is 5.75 Å². The lowest BCUT2D eigenvalue weighted by Crippen LogP contribution is -2.14. The second-order valence-electron chi connectivity index (χ2n) is 6.57. The minimum absolute atomic E-state index is 0.245. The van der Waals surface area contributed by atoms with E-state index in [0.29, 0.717) is 27.8 Å². The Bertz CT molecular complexity index is 1250. The summed E-state index contributed by atoms with van der Waals surface area (Å²) in [6.45, 7) is 0. The van der Waals surface area contributed by atoms with Gasteiger partial charge in [-0.25, -0.2) is 9.59 Å². The number of fused-ring (bicyclic) bond motifs is 1. The molecule has 0 bridgehead atoms. The molecule has 0 amide bonds. The lowest BCUT2D eigenvalue weighted by Gasteiger charge is -2.10. The number of ether oxygens (including phenoxy) is 2. The van der Waals surface area contributed by atoms with Crippen LogP contribution in [-0.4, -0.2) is 13.1 Å². The van der Waals surface area contributed by atoms with Gasteiger partial charge in [0.25, 0.3) is 0 Å². The van der Waals surface area contributed by atoms with Gasteiger partial charge in [-0.1, -0.05) is 42.5 Å². The van der Waals surface area contributed by atoms with Crippen LogP contribution in [0.1, 0.15) is 10.9 Å². The first-order valence-corrected chi connectivity index (χ1v) is 9.62. The van der Waals surface area contributed by atoms with Gasteiger partial charge in [-0.15, -0.1) is 11.6 Å². The summed E-state index contributed by atoms with van der Waals surface area (Å²) in [6.07, 6.45) is 0. The maximum Gasteiger partial charge on any atom is 0.344 e. The molecule has 0 spiro atoms. The normalized spacial score (nSPS) is 11.8. The van der Waals surface area contributed by atoms with Gasteiger partial charge in [-0.3, -0.25) is 0 Å². The molecular formula is C24H17ClO5. The van der Waals surface area contributed by atoms with Crippen molar-refractivity contribution in [2.75, 3.05) is 7.11 Å². The molecule has 0 fully saturated rings. The Balaban J connectivity index is 1.60. The Kier molecular flexibility index (Phi) is 5.55. The number of alkyl halides is 1. The second kappa shape index (κ2) is 8.43. The fourth-order valence-corrected chi connectivity index (χ4v) is 3.24. The number of carbonyl (C=O) groups is 1. The summed E-state index contributed by atoms with van der Waals surface area (Å²) in [4.78, 5) is 24.8. The van der Waals surface area contributed by atoms with Gasteiger partial charge in [-0.05, 0) is 41.5 Å². The average Bonchev–Trinajstić information content (AvgIpc) is 2.78. The lowest BCUT2D eigenvalue weighted by atomic mass is 10.1. The van der Waals surface area contributed by atoms with Crippen molar-refractivity contribution < 1.29 is 18.7 Å². The quantitative estimate of drug-likeness (QED) is 0.188. The molecule has 1 unspecified atom stereocenters. The third-order valence-corrected chi connectivity index (χ3v) is 5.06. The minimum atomic E-state index is -0.939. The van der Waals surface area contributed by atoms with E-state index in [1.54, 1.807) is 73.8 Å². The highest BCUT2D eigenvalue weighted by Crippen LogP contribution is 2.27. The summed E-state index contributed by atoms with van der Waals surface area (Å²) in [5.74, 6) is 0.331. The predicted octanol–water partition coefficient (Wildman–Crippen LogP) is 5.35. The molecule has 1 heterocycles. The van der Waals surface area contributed by atoms with Crippen LogP contribution in [0.15, 0.2) is 88.1 Å². The van der Waals surface area contributed by atoms with Crippen molar-refractivity contribution in [3.63, 3.8) is 0 Å². The summed E-state index contributed by atoms with van der Waals surface area (Å²) in [7, 11) is 1.58. The summed E-state index contributed by atoms with van der Waals surface area (Å²) < 4.78 is 16.0. The Morgan fingerprint density at radius 2 is 1.63 bits per heavy atom. The number of hydrogen-bond acceptors (Lipinski definition) is 5. The predicted molar refractivity (Wildman–Crippen MR) is 115 cm³/mol. The van der Waals surface area contributed by atoms with Crippen LogP contribution in [0.3, 0.4) is 0 Å². The number of carbonyl (C=O) groups excluding carboxylic acids is 1. The molecule has 150 valence electrons. The highest BCUT2D eigenvalue weighted by atomic mass is 35.5. The van der Waals surface area contributed by atoms with Gasteiger partial charge in [0.1, 0.15) is 17.1 Å². The maximum atomic E-state index is 12.5. The number of esters is 1. The Hall–Kier alpha value is -3.57. The molecule has 0 N–H and O–H groups in total. The SMILES string of the molecule is COc1ccc(-c2cc3ccc(OC(=O)C(Cl)c4ccccc4)cc3oc2=O)cc1. The van der Waals surface area contributed by atoms with Gasteiger partial charge in [0.2, 0.25) is 0 Å². The van der Waals surface area contributed by atoms with Crippen molar-refractivity contribution in [1.82, 2.24) is 0 Å². The van der Waals surface area contributed by atoms with Crippen LogP contribution in [0.4, 0.5) is 0 Å². The summed E-state index contributed by atoms with van der Waals surface area (Å²) in [5, 5.41) is -0.239. The van der Waals surface area contributed by atoms with E-state index in [0.717, 1.165) is 5.56 Å². The number of benzene rings is 3. The number of methoxy groups -OCH3 is 1. The van der Waals surface area contributed by atoms with Crippen LogP contribution in [-0.2, 0) is 4.79 Å². The Labute approximate surface area is 177 Å². The van der Waals surface area contributed by atoms with E-state index in [2.05, 4.69) is 0 Å². The third-order valence-electron chi connectivity index (χ3n) is 4.63. The molecule has 0 aliphatic heterocycles. The molecule has 4 rings (SSSR count). The van der Waals surface area contributed by atoms with Gasteiger partial charge in [-0.2, -0.15) is 0 Å². The molecule has 1 aromatic heterocycles. The Morgan fingerprint density at radius 1 is 0.933 bits per heavy atom. The molecule has 3 aromatic carbocycles. The zero-order valence-electron chi connectivity index (χ0n) is 16.0. The van der Waals surface area contributed by atoms with Crippen LogP contribution in [0, 0.1) is 0 Å². The summed E-state index contributed by atoms with van der Waals surface area (Å²) >= 11 is 6.20. The fourth-order valence-electron chi connectivity index (χ4n) is 3.05. The van der Waals surface area contributed by atoms with E-state index >= 15 is 0 Å². The van der Waals surface area contributed by atoms with Gasteiger partial charge in [0.15, 0.2) is 5.38 Å². The van der Waals surface area contributed by atoms with Gasteiger partial charge in [0, 0.05) is 11.5 Å². The van der Waals surface area contributed by atoms with Crippen LogP contribution in [0.2, 0.25) is 0 Å². The van der Waals surface area contributed by atoms with E-state index in [1.807, 2.05) is 6.07 Å². The van der Waals surface area contributed by atoms with Gasteiger partial charge < -0.3 is 13.9 Å². The first kappa shape index (κ1) is 19.7. The van der Waals surface area contributed by atoms with Crippen molar-refractivity contribution in [2.24, 2.45) is 0 Å². The van der Waals surface area contributed by atoms with Crippen molar-refractivity contribution in [2.45, 2.75) is 5.38 Å².